The highest BCUT2D eigenvalue weighted by molar-refractivity contribution is 7.12. The highest BCUT2D eigenvalue weighted by Crippen LogP contribution is 2.30. The highest BCUT2D eigenvalue weighted by atomic mass is 32.1. The molecule has 2 aliphatic heterocycles. The molecule has 4 aromatic rings. The minimum atomic E-state index is -0.504. The first-order valence-corrected chi connectivity index (χ1v) is 14.5. The molecule has 0 bridgehead atoms. The van der Waals surface area contributed by atoms with Crippen LogP contribution in [0.15, 0.2) is 31.0 Å². The largest absolute Gasteiger partial charge is 0.444 e. The first-order chi connectivity index (χ1) is 19.7. The van der Waals surface area contributed by atoms with Crippen molar-refractivity contribution in [3.05, 3.63) is 40.9 Å². The second-order valence-corrected chi connectivity index (χ2v) is 12.1. The lowest BCUT2D eigenvalue weighted by Gasteiger charge is -2.29. The number of aromatic nitrogens is 7. The van der Waals surface area contributed by atoms with Crippen molar-refractivity contribution in [2.24, 2.45) is 7.05 Å². The maximum Gasteiger partial charge on any atom is 0.410 e. The van der Waals surface area contributed by atoms with Crippen LogP contribution in [0.3, 0.4) is 0 Å². The number of hydrogen-bond donors (Lipinski definition) is 1. The van der Waals surface area contributed by atoms with E-state index in [9.17, 15) is 4.79 Å². The van der Waals surface area contributed by atoms with Crippen LogP contribution in [-0.4, -0.2) is 90.3 Å². The highest BCUT2D eigenvalue weighted by Gasteiger charge is 2.25. The Kier molecular flexibility index (Phi) is 7.34. The zero-order valence-electron chi connectivity index (χ0n) is 23.7. The quantitative estimate of drug-likeness (QED) is 0.363. The van der Waals surface area contributed by atoms with Crippen LogP contribution in [0.5, 0.6) is 0 Å². The van der Waals surface area contributed by atoms with Crippen molar-refractivity contribution in [3.63, 3.8) is 0 Å². The fraction of sp³-hybridized carbons (Fsp3) is 0.481. The normalized spacial score (nSPS) is 16.2. The second kappa shape index (κ2) is 11.1. The maximum absolute atomic E-state index is 12.4. The second-order valence-electron chi connectivity index (χ2n) is 11.0. The van der Waals surface area contributed by atoms with E-state index in [2.05, 4.69) is 31.4 Å². The Balaban J connectivity index is 1.20. The molecule has 0 aliphatic carbocycles. The Bertz CT molecular complexity index is 1580. The Hall–Kier alpha value is -4.04. The van der Waals surface area contributed by atoms with Crippen LogP contribution in [0.2, 0.25) is 0 Å². The van der Waals surface area contributed by atoms with Gasteiger partial charge in [0.25, 0.3) is 0 Å². The fourth-order valence-electron chi connectivity index (χ4n) is 4.72. The Morgan fingerprint density at radius 3 is 2.68 bits per heavy atom. The summed E-state index contributed by atoms with van der Waals surface area (Å²) in [6.45, 7) is 10.0. The third kappa shape index (κ3) is 6.03. The average Bonchev–Trinajstić information content (AvgIpc) is 3.71. The summed E-state index contributed by atoms with van der Waals surface area (Å²) in [5, 5.41) is 8.70. The lowest BCUT2D eigenvalue weighted by atomic mass is 10.1. The zero-order chi connectivity index (χ0) is 28.6. The molecule has 13 nitrogen and oxygen atoms in total. The molecule has 216 valence electrons. The summed E-state index contributed by atoms with van der Waals surface area (Å²) in [5.41, 5.74) is 2.96. The molecular weight excluding hydrogens is 544 g/mol. The van der Waals surface area contributed by atoms with E-state index in [0.29, 0.717) is 55.8 Å². The van der Waals surface area contributed by atoms with Gasteiger partial charge in [-0.1, -0.05) is 6.08 Å². The van der Waals surface area contributed by atoms with Crippen molar-refractivity contribution in [3.8, 4) is 5.69 Å². The van der Waals surface area contributed by atoms with Gasteiger partial charge in [-0.2, -0.15) is 15.1 Å². The van der Waals surface area contributed by atoms with E-state index < -0.39 is 5.60 Å². The van der Waals surface area contributed by atoms with Crippen LogP contribution >= 0.6 is 11.3 Å². The number of nitrogens with one attached hydrogen (secondary N) is 1. The van der Waals surface area contributed by atoms with Gasteiger partial charge in [-0.3, -0.25) is 9.25 Å². The zero-order valence-corrected chi connectivity index (χ0v) is 24.5. The summed E-state index contributed by atoms with van der Waals surface area (Å²) in [4.78, 5) is 36.4. The summed E-state index contributed by atoms with van der Waals surface area (Å²) in [5.74, 6) is 1.29. The van der Waals surface area contributed by atoms with E-state index in [1.807, 2.05) is 44.8 Å². The summed E-state index contributed by atoms with van der Waals surface area (Å²) in [7, 11) is 1.88. The molecule has 0 saturated carbocycles. The van der Waals surface area contributed by atoms with Crippen LogP contribution in [-0.2, 0) is 23.1 Å². The van der Waals surface area contributed by atoms with Gasteiger partial charge in [-0.05, 0) is 32.8 Å². The third-order valence-electron chi connectivity index (χ3n) is 6.79. The molecule has 2 aliphatic rings. The van der Waals surface area contributed by atoms with E-state index in [0.717, 1.165) is 35.1 Å². The number of ether oxygens (including phenoxy) is 2. The minimum Gasteiger partial charge on any atom is -0.444 e. The van der Waals surface area contributed by atoms with Crippen LogP contribution in [0, 0.1) is 0 Å². The van der Waals surface area contributed by atoms with Crippen molar-refractivity contribution in [1.82, 2.24) is 39.2 Å². The number of carbonyl (C=O) groups excluding carboxylic acids is 1. The maximum atomic E-state index is 12.4. The number of amides is 1. The van der Waals surface area contributed by atoms with Crippen molar-refractivity contribution < 1.29 is 14.3 Å². The molecule has 14 heteroatoms. The lowest BCUT2D eigenvalue weighted by molar-refractivity contribution is 0.0270. The summed E-state index contributed by atoms with van der Waals surface area (Å²) in [6.07, 6.45) is 9.94. The number of rotatable bonds is 6. The van der Waals surface area contributed by atoms with Crippen LogP contribution in [0.25, 0.3) is 22.4 Å². The van der Waals surface area contributed by atoms with Crippen LogP contribution in [0.4, 0.5) is 16.6 Å². The molecule has 1 saturated heterocycles. The molecule has 0 aromatic carbocycles. The number of nitrogens with zero attached hydrogens (tertiary/aromatic N) is 9. The van der Waals surface area contributed by atoms with E-state index in [1.165, 1.54) is 5.57 Å². The van der Waals surface area contributed by atoms with Crippen molar-refractivity contribution in [2.75, 3.05) is 49.6 Å². The number of imidazole rings is 1. The molecule has 6 heterocycles. The fourth-order valence-corrected chi connectivity index (χ4v) is 5.65. The number of hydrogen-bond acceptors (Lipinski definition) is 11. The molecule has 0 unspecified atom stereocenters. The average molecular weight is 579 g/mol. The number of carbonyl (C=O) groups is 1. The van der Waals surface area contributed by atoms with Crippen molar-refractivity contribution in [2.45, 2.75) is 39.3 Å². The van der Waals surface area contributed by atoms with E-state index >= 15 is 0 Å². The van der Waals surface area contributed by atoms with Gasteiger partial charge >= 0.3 is 6.09 Å². The molecule has 1 amide bonds. The predicted octanol–water partition coefficient (Wildman–Crippen LogP) is 3.48. The number of fused-ring (bicyclic) bond motifs is 1. The predicted molar refractivity (Wildman–Crippen MR) is 156 cm³/mol. The smallest absolute Gasteiger partial charge is 0.410 e. The molecule has 1 N–H and O–H groups in total. The molecule has 41 heavy (non-hydrogen) atoms. The number of aryl methyl sites for hydroxylation is 1. The Morgan fingerprint density at radius 1 is 1.15 bits per heavy atom. The molecule has 0 spiro atoms. The van der Waals surface area contributed by atoms with E-state index in [1.54, 1.807) is 33.4 Å². The van der Waals surface area contributed by atoms with E-state index in [4.69, 9.17) is 19.4 Å². The van der Waals surface area contributed by atoms with Crippen molar-refractivity contribution >= 4 is 45.9 Å². The van der Waals surface area contributed by atoms with Gasteiger partial charge in [-0.25, -0.2) is 14.8 Å². The molecule has 1 fully saturated rings. The van der Waals surface area contributed by atoms with Gasteiger partial charge in [0.05, 0.1) is 36.5 Å². The third-order valence-corrected chi connectivity index (χ3v) is 7.86. The first kappa shape index (κ1) is 27.1. The summed E-state index contributed by atoms with van der Waals surface area (Å²) >= 11 is 1.64. The number of morpholine rings is 1. The van der Waals surface area contributed by atoms with Gasteiger partial charge in [0.2, 0.25) is 5.95 Å². The number of anilines is 2. The topological polar surface area (TPSA) is 128 Å². The SMILES string of the molecule is Cn1cc(-n2cnc3c(NCc4ncc(C5=CCN(C(=O)OC(C)(C)C)CC5)s4)nc(N4CCOCC4)nc32)cn1. The monoisotopic (exact) mass is 578 g/mol. The molecule has 4 aromatic heterocycles. The molecular formula is C27H34N10O3S. The number of thiazole rings is 1. The van der Waals surface area contributed by atoms with Gasteiger partial charge < -0.3 is 24.6 Å². The van der Waals surface area contributed by atoms with E-state index in [-0.39, 0.29) is 6.09 Å². The van der Waals surface area contributed by atoms with Gasteiger partial charge in [-0.15, -0.1) is 11.3 Å². The van der Waals surface area contributed by atoms with Crippen LogP contribution in [0.1, 0.15) is 37.1 Å². The van der Waals surface area contributed by atoms with Gasteiger partial charge in [0.1, 0.15) is 16.9 Å². The standard InChI is InChI=1S/C27H34N10O3S/c1-27(2,3)40-26(38)36-7-5-18(6-8-36)20-14-28-21(41-20)15-29-23-22-24(33-25(32-23)35-9-11-39-12-10-35)37(17-30-22)19-13-31-34(4)16-19/h5,13-14,16-17H,6-12,15H2,1-4H3,(H,29,32,33). The van der Waals surface area contributed by atoms with Gasteiger partial charge in [0.15, 0.2) is 17.0 Å². The van der Waals surface area contributed by atoms with Gasteiger partial charge in [0, 0.05) is 45.6 Å². The molecule has 0 radical (unpaired) electrons. The van der Waals surface area contributed by atoms with Crippen molar-refractivity contribution in [1.29, 1.82) is 0 Å². The summed E-state index contributed by atoms with van der Waals surface area (Å²) in [6, 6.07) is 0. The first-order valence-electron chi connectivity index (χ1n) is 13.7. The Labute approximate surface area is 241 Å². The molecule has 0 atom stereocenters. The Morgan fingerprint density at radius 2 is 1.98 bits per heavy atom. The minimum absolute atomic E-state index is 0.277. The summed E-state index contributed by atoms with van der Waals surface area (Å²) < 4.78 is 14.7. The lowest BCUT2D eigenvalue weighted by Crippen LogP contribution is -2.39. The van der Waals surface area contributed by atoms with Crippen LogP contribution < -0.4 is 10.2 Å². The molecule has 6 rings (SSSR count).